The molecule has 0 radical (unpaired) electrons. The lowest BCUT2D eigenvalue weighted by molar-refractivity contribution is -0.228. The molecule has 1 heterocycles. The van der Waals surface area contributed by atoms with Crippen LogP contribution in [-0.2, 0) is 28.7 Å². The van der Waals surface area contributed by atoms with E-state index in [9.17, 15) is 32.0 Å². The highest BCUT2D eigenvalue weighted by atomic mass is 19.4. The maximum absolute atomic E-state index is 14.7. The van der Waals surface area contributed by atoms with Crippen LogP contribution in [0.25, 0.3) is 0 Å². The normalized spacial score (nSPS) is 26.3. The predicted octanol–water partition coefficient (Wildman–Crippen LogP) is 5.76. The molecule has 5 rings (SSSR count). The molecule has 3 aliphatic rings. The van der Waals surface area contributed by atoms with E-state index in [1.807, 2.05) is 0 Å². The lowest BCUT2D eigenvalue weighted by Crippen LogP contribution is -2.43. The van der Waals surface area contributed by atoms with E-state index in [1.165, 1.54) is 24.3 Å². The number of aryl methyl sites for hydroxylation is 1. The van der Waals surface area contributed by atoms with Gasteiger partial charge in [0.05, 0.1) is 6.07 Å². The third-order valence-electron chi connectivity index (χ3n) is 8.27. The van der Waals surface area contributed by atoms with Crippen LogP contribution in [0.1, 0.15) is 48.4 Å². The zero-order valence-corrected chi connectivity index (χ0v) is 19.3. The first-order chi connectivity index (χ1) is 16.4. The van der Waals surface area contributed by atoms with Crippen molar-refractivity contribution < 1.29 is 26.7 Å². The number of alkyl halides is 4. The highest BCUT2D eigenvalue weighted by Crippen LogP contribution is 2.53. The van der Waals surface area contributed by atoms with Crippen molar-refractivity contribution in [3.63, 3.8) is 0 Å². The second kappa shape index (κ2) is 7.78. The molecule has 0 N–H and O–H groups in total. The Balaban J connectivity index is 1.58. The summed E-state index contributed by atoms with van der Waals surface area (Å²) in [6.07, 6.45) is -2.44. The van der Waals surface area contributed by atoms with Crippen LogP contribution in [0, 0.1) is 28.5 Å². The second-order valence-electron chi connectivity index (χ2n) is 10.4. The maximum atomic E-state index is 14.7. The molecule has 0 spiro atoms. The van der Waals surface area contributed by atoms with Gasteiger partial charge in [0.15, 0.2) is 0 Å². The minimum absolute atomic E-state index is 0.0173. The Morgan fingerprint density at radius 1 is 1.14 bits per heavy atom. The molecule has 2 aromatic rings. The van der Waals surface area contributed by atoms with Gasteiger partial charge in [0.25, 0.3) is 0 Å². The summed E-state index contributed by atoms with van der Waals surface area (Å²) in [5.74, 6) is -0.554. The van der Waals surface area contributed by atoms with Gasteiger partial charge in [-0.05, 0) is 79.3 Å². The van der Waals surface area contributed by atoms with Crippen molar-refractivity contribution in [2.75, 3.05) is 13.1 Å². The van der Waals surface area contributed by atoms with Gasteiger partial charge in [0, 0.05) is 18.5 Å². The Kier molecular flexibility index (Phi) is 5.28. The van der Waals surface area contributed by atoms with Crippen LogP contribution < -0.4 is 0 Å². The quantitative estimate of drug-likeness (QED) is 0.514. The van der Waals surface area contributed by atoms with E-state index in [1.54, 1.807) is 23.1 Å². The van der Waals surface area contributed by atoms with E-state index >= 15 is 0 Å². The van der Waals surface area contributed by atoms with Gasteiger partial charge in [-0.25, -0.2) is 8.78 Å². The van der Waals surface area contributed by atoms with E-state index in [0.717, 1.165) is 11.1 Å². The third kappa shape index (κ3) is 3.71. The number of fused-ring (bicyclic) bond motifs is 3. The SMILES string of the molecule is CC(F)(c1ccc2c(c1)CCC1CN(C(=O)C3(C#N)CC3)CC21Cc1ccc(F)cc1)C(F)(F)F. The predicted molar refractivity (Wildman–Crippen MR) is 118 cm³/mol. The Hall–Kier alpha value is -2.95. The number of benzene rings is 2. The van der Waals surface area contributed by atoms with Gasteiger partial charge in [-0.15, -0.1) is 0 Å². The Bertz CT molecular complexity index is 1210. The van der Waals surface area contributed by atoms with E-state index in [0.29, 0.717) is 57.7 Å². The summed E-state index contributed by atoms with van der Waals surface area (Å²) in [6, 6.07) is 12.3. The number of hydrogen-bond donors (Lipinski definition) is 0. The average Bonchev–Trinajstić information content (AvgIpc) is 3.53. The van der Waals surface area contributed by atoms with Gasteiger partial charge >= 0.3 is 6.18 Å². The van der Waals surface area contributed by atoms with E-state index in [4.69, 9.17) is 0 Å². The Labute approximate surface area is 200 Å². The largest absolute Gasteiger partial charge is 0.426 e. The minimum atomic E-state index is -5.04. The molecule has 3 unspecified atom stereocenters. The smallest absolute Gasteiger partial charge is 0.340 e. The first-order valence-corrected chi connectivity index (χ1v) is 11.8. The molecule has 1 amide bonds. The standard InChI is InChI=1S/C27H25F5N2O/c1-24(29,27(30,31)32)19-6-9-22-18(12-19)4-5-20-14-34(23(35)25(15-33)10-11-25)16-26(20,22)13-17-2-7-21(28)8-3-17/h2-3,6-9,12,20H,4-5,10-11,13-14,16H2,1H3. The van der Waals surface area contributed by atoms with Gasteiger partial charge in [-0.3, -0.25) is 4.79 Å². The zero-order chi connectivity index (χ0) is 25.2. The van der Waals surface area contributed by atoms with Crippen LogP contribution in [0.2, 0.25) is 0 Å². The van der Waals surface area contributed by atoms with Crippen LogP contribution in [0.4, 0.5) is 22.0 Å². The fraction of sp³-hybridized carbons (Fsp3) is 0.481. The van der Waals surface area contributed by atoms with Crippen LogP contribution in [0.15, 0.2) is 42.5 Å². The molecule has 0 aromatic heterocycles. The maximum Gasteiger partial charge on any atom is 0.426 e. The molecular weight excluding hydrogens is 463 g/mol. The van der Waals surface area contributed by atoms with Crippen molar-refractivity contribution in [2.24, 2.45) is 11.3 Å². The first-order valence-electron chi connectivity index (χ1n) is 11.8. The number of amides is 1. The molecule has 35 heavy (non-hydrogen) atoms. The number of carbonyl (C=O) groups is 1. The monoisotopic (exact) mass is 488 g/mol. The molecule has 1 aliphatic heterocycles. The highest BCUT2D eigenvalue weighted by molar-refractivity contribution is 5.88. The first kappa shape index (κ1) is 23.8. The molecule has 8 heteroatoms. The van der Waals surface area contributed by atoms with E-state index < -0.39 is 28.2 Å². The number of carbonyl (C=O) groups excluding carboxylic acids is 1. The van der Waals surface area contributed by atoms with Gasteiger partial charge in [-0.2, -0.15) is 18.4 Å². The average molecular weight is 489 g/mol. The summed E-state index contributed by atoms with van der Waals surface area (Å²) in [5.41, 5.74) is -3.22. The van der Waals surface area contributed by atoms with Gasteiger partial charge in [0.1, 0.15) is 11.2 Å². The molecule has 1 saturated heterocycles. The fourth-order valence-electron chi connectivity index (χ4n) is 5.94. The topological polar surface area (TPSA) is 44.1 Å². The minimum Gasteiger partial charge on any atom is -0.340 e. The summed E-state index contributed by atoms with van der Waals surface area (Å²) in [5, 5.41) is 9.54. The molecular formula is C27H25F5N2O. The van der Waals surface area contributed by atoms with Crippen molar-refractivity contribution in [3.8, 4) is 6.07 Å². The summed E-state index contributed by atoms with van der Waals surface area (Å²) in [7, 11) is 0. The van der Waals surface area contributed by atoms with Crippen molar-refractivity contribution in [1.82, 2.24) is 4.90 Å². The zero-order valence-electron chi connectivity index (χ0n) is 19.3. The second-order valence-corrected chi connectivity index (χ2v) is 10.4. The van der Waals surface area contributed by atoms with Crippen LogP contribution >= 0.6 is 0 Å². The van der Waals surface area contributed by atoms with Crippen molar-refractivity contribution in [1.29, 1.82) is 5.26 Å². The van der Waals surface area contributed by atoms with Crippen molar-refractivity contribution in [3.05, 3.63) is 70.5 Å². The fourth-order valence-corrected chi connectivity index (χ4v) is 5.94. The highest BCUT2D eigenvalue weighted by Gasteiger charge is 2.59. The lowest BCUT2D eigenvalue weighted by atomic mass is 9.62. The van der Waals surface area contributed by atoms with Crippen LogP contribution in [0.3, 0.4) is 0 Å². The third-order valence-corrected chi connectivity index (χ3v) is 8.27. The van der Waals surface area contributed by atoms with Crippen LogP contribution in [-0.4, -0.2) is 30.1 Å². The van der Waals surface area contributed by atoms with E-state index in [2.05, 4.69) is 6.07 Å². The molecule has 3 atom stereocenters. The molecule has 2 aliphatic carbocycles. The Morgan fingerprint density at radius 3 is 2.43 bits per heavy atom. The van der Waals surface area contributed by atoms with Crippen molar-refractivity contribution in [2.45, 2.75) is 56.3 Å². The number of likely N-dealkylation sites (tertiary alicyclic amines) is 1. The number of hydrogen-bond acceptors (Lipinski definition) is 2. The molecule has 0 bridgehead atoms. The molecule has 184 valence electrons. The summed E-state index contributed by atoms with van der Waals surface area (Å²) in [6.45, 7) is 1.30. The van der Waals surface area contributed by atoms with E-state index in [-0.39, 0.29) is 17.6 Å². The molecule has 3 nitrogen and oxygen atoms in total. The summed E-state index contributed by atoms with van der Waals surface area (Å²) < 4.78 is 68.4. The van der Waals surface area contributed by atoms with Gasteiger partial charge in [-0.1, -0.05) is 30.3 Å². The summed E-state index contributed by atoms with van der Waals surface area (Å²) in [4.78, 5) is 15.0. The van der Waals surface area contributed by atoms with Gasteiger partial charge < -0.3 is 4.90 Å². The number of rotatable bonds is 4. The molecule has 2 aromatic carbocycles. The lowest BCUT2D eigenvalue weighted by Gasteiger charge is -2.41. The van der Waals surface area contributed by atoms with Crippen LogP contribution in [0.5, 0.6) is 0 Å². The number of nitrogens with zero attached hydrogens (tertiary/aromatic N) is 2. The van der Waals surface area contributed by atoms with Gasteiger partial charge in [0.2, 0.25) is 11.6 Å². The molecule has 2 fully saturated rings. The number of halogens is 5. The number of nitriles is 1. The summed E-state index contributed by atoms with van der Waals surface area (Å²) >= 11 is 0. The molecule has 1 saturated carbocycles. The van der Waals surface area contributed by atoms with Crippen molar-refractivity contribution >= 4 is 5.91 Å². The Morgan fingerprint density at radius 2 is 1.83 bits per heavy atom.